The van der Waals surface area contributed by atoms with Gasteiger partial charge in [-0.25, -0.2) is 9.07 Å². The van der Waals surface area contributed by atoms with Crippen LogP contribution < -0.4 is 5.32 Å². The van der Waals surface area contributed by atoms with E-state index in [0.717, 1.165) is 5.39 Å². The largest absolute Gasteiger partial charge is 0.345 e. The lowest BCUT2D eigenvalue weighted by Gasteiger charge is -2.30. The summed E-state index contributed by atoms with van der Waals surface area (Å²) in [6, 6.07) is 16.2. The molecule has 1 aliphatic rings. The van der Waals surface area contributed by atoms with Crippen molar-refractivity contribution in [3.05, 3.63) is 82.1 Å². The lowest BCUT2D eigenvalue weighted by Crippen LogP contribution is -2.46. The lowest BCUT2D eigenvalue weighted by atomic mass is 10.0. The van der Waals surface area contributed by atoms with Gasteiger partial charge in [0.1, 0.15) is 11.5 Å². The predicted octanol–water partition coefficient (Wildman–Crippen LogP) is 6.78. The average Bonchev–Trinajstić information content (AvgIpc) is 3.29. The number of hydrogen-bond acceptors (Lipinski definition) is 4. The average molecular weight is 534 g/mol. The van der Waals surface area contributed by atoms with Crippen molar-refractivity contribution in [1.82, 2.24) is 15.1 Å². The Morgan fingerprint density at radius 2 is 1.77 bits per heavy atom. The summed E-state index contributed by atoms with van der Waals surface area (Å²) in [5.74, 6) is -0.305. The Morgan fingerprint density at radius 1 is 1.09 bits per heavy atom. The molecule has 1 aromatic heterocycles. The molecule has 5 rings (SSSR count). The van der Waals surface area contributed by atoms with Gasteiger partial charge in [-0.05, 0) is 74.0 Å². The van der Waals surface area contributed by atoms with E-state index in [1.54, 1.807) is 53.2 Å². The highest BCUT2D eigenvalue weighted by atomic mass is 35.5. The molecule has 1 fully saturated rings. The van der Waals surface area contributed by atoms with Crippen LogP contribution in [0, 0.1) is 5.82 Å². The topological polar surface area (TPSA) is 87.4 Å². The second-order valence-electron chi connectivity index (χ2n) is 9.04. The van der Waals surface area contributed by atoms with E-state index in [0.29, 0.717) is 44.5 Å². The third-order valence-corrected chi connectivity index (χ3v) is 8.49. The predicted molar refractivity (Wildman–Crippen MR) is 140 cm³/mol. The minimum Gasteiger partial charge on any atom is -0.345 e. The Bertz CT molecular complexity index is 1440. The van der Waals surface area contributed by atoms with Gasteiger partial charge in [0, 0.05) is 32.3 Å². The normalized spacial score (nSPS) is 20.2. The summed E-state index contributed by atoms with van der Waals surface area (Å²) in [6.45, 7) is 1.81. The van der Waals surface area contributed by atoms with Crippen LogP contribution in [0.3, 0.4) is 0 Å². The molecule has 0 bridgehead atoms. The summed E-state index contributed by atoms with van der Waals surface area (Å²) in [4.78, 5) is 13.1. The molecule has 0 aliphatic carbocycles. The van der Waals surface area contributed by atoms with E-state index in [1.165, 1.54) is 12.1 Å². The zero-order valence-electron chi connectivity index (χ0n) is 18.6. The first-order chi connectivity index (χ1) is 16.5. The molecule has 3 aromatic carbocycles. The van der Waals surface area contributed by atoms with Crippen LogP contribution in [0.15, 0.2) is 60.7 Å². The molecule has 3 N–H and O–H groups in total. The van der Waals surface area contributed by atoms with Crippen molar-refractivity contribution >= 4 is 50.6 Å². The lowest BCUT2D eigenvalue weighted by molar-refractivity contribution is 0.0915. The van der Waals surface area contributed by atoms with Crippen LogP contribution in [0.1, 0.15) is 23.7 Å². The Kier molecular flexibility index (Phi) is 6.05. The highest BCUT2D eigenvalue weighted by molar-refractivity contribution is 8.24. The molecule has 2 heterocycles. The Morgan fingerprint density at radius 3 is 2.40 bits per heavy atom. The van der Waals surface area contributed by atoms with E-state index in [9.17, 15) is 18.3 Å². The van der Waals surface area contributed by atoms with E-state index >= 15 is 0 Å². The number of rotatable bonds is 4. The van der Waals surface area contributed by atoms with Gasteiger partial charge >= 0.3 is 0 Å². The second-order valence-corrected chi connectivity index (χ2v) is 12.2. The molecule has 182 valence electrons. The highest BCUT2D eigenvalue weighted by Crippen LogP contribution is 2.50. The molecule has 1 atom stereocenters. The smallest absolute Gasteiger partial charge is 0.251 e. The number of nitrogens with zero attached hydrogens (tertiary/aromatic N) is 2. The number of aromatic nitrogens is 2. The van der Waals surface area contributed by atoms with E-state index in [2.05, 4.69) is 5.32 Å². The zero-order valence-corrected chi connectivity index (χ0v) is 21.0. The first kappa shape index (κ1) is 24.1. The van der Waals surface area contributed by atoms with Crippen molar-refractivity contribution in [2.24, 2.45) is 0 Å². The fourth-order valence-corrected chi connectivity index (χ4v) is 7.11. The summed E-state index contributed by atoms with van der Waals surface area (Å²) < 4.78 is 35.3. The van der Waals surface area contributed by atoms with Crippen LogP contribution in [0.25, 0.3) is 27.8 Å². The van der Waals surface area contributed by atoms with Crippen molar-refractivity contribution < 1.29 is 18.3 Å². The van der Waals surface area contributed by atoms with Crippen molar-refractivity contribution in [3.63, 3.8) is 0 Å². The van der Waals surface area contributed by atoms with Gasteiger partial charge in [0.2, 0.25) is 0 Å². The number of amides is 1. The van der Waals surface area contributed by atoms with Gasteiger partial charge in [-0.2, -0.15) is 15.7 Å². The summed E-state index contributed by atoms with van der Waals surface area (Å²) in [7, 11) is -2.68. The van der Waals surface area contributed by atoms with Crippen LogP contribution >= 0.6 is 33.8 Å². The van der Waals surface area contributed by atoms with E-state index < -0.39 is 16.1 Å². The van der Waals surface area contributed by atoms with Crippen molar-refractivity contribution in [2.45, 2.75) is 18.9 Å². The third-order valence-electron chi connectivity index (χ3n) is 6.10. The number of benzene rings is 3. The van der Waals surface area contributed by atoms with Crippen LogP contribution in [0.5, 0.6) is 0 Å². The van der Waals surface area contributed by atoms with Gasteiger partial charge in [-0.15, -0.1) is 0 Å². The molecule has 4 aromatic rings. The van der Waals surface area contributed by atoms with Gasteiger partial charge in [0.05, 0.1) is 22.5 Å². The Hall–Kier alpha value is -2.62. The molecule has 1 amide bonds. The minimum absolute atomic E-state index is 0.126. The molecule has 0 radical (unpaired) electrons. The van der Waals surface area contributed by atoms with Gasteiger partial charge in [-0.3, -0.25) is 13.9 Å². The molecular weight excluding hydrogens is 512 g/mol. The quantitative estimate of drug-likeness (QED) is 0.269. The molecule has 1 saturated heterocycles. The Balaban J connectivity index is 1.61. The number of carbonyl (C=O) groups is 1. The van der Waals surface area contributed by atoms with E-state index in [4.69, 9.17) is 28.3 Å². The van der Waals surface area contributed by atoms with Crippen LogP contribution in [-0.4, -0.2) is 41.8 Å². The Labute approximate surface area is 213 Å². The molecule has 0 saturated carbocycles. The monoisotopic (exact) mass is 533 g/mol. The first-order valence-corrected chi connectivity index (χ1v) is 13.5. The van der Waals surface area contributed by atoms with Crippen molar-refractivity contribution in [3.8, 4) is 16.9 Å². The fraction of sp³-hybridized carbons (Fsp3) is 0.200. The number of halogens is 3. The maximum Gasteiger partial charge on any atom is 0.251 e. The van der Waals surface area contributed by atoms with Gasteiger partial charge in [0.25, 0.3) is 5.91 Å². The van der Waals surface area contributed by atoms with E-state index in [-0.39, 0.29) is 23.2 Å². The zero-order chi connectivity index (χ0) is 25.0. The molecule has 1 unspecified atom stereocenters. The van der Waals surface area contributed by atoms with Crippen LogP contribution in [-0.2, 0) is 0 Å². The highest BCUT2D eigenvalue weighted by Gasteiger charge is 2.39. The van der Waals surface area contributed by atoms with Crippen molar-refractivity contribution in [2.75, 3.05) is 11.5 Å². The molecule has 35 heavy (non-hydrogen) atoms. The summed E-state index contributed by atoms with van der Waals surface area (Å²) >= 11 is 12.5. The number of hydrogen-bond donors (Lipinski definition) is 3. The van der Waals surface area contributed by atoms with Crippen LogP contribution in [0.4, 0.5) is 4.39 Å². The molecule has 0 spiro atoms. The molecular formula is C25H22Cl2FN3O3S. The van der Waals surface area contributed by atoms with Crippen LogP contribution in [0.2, 0.25) is 10.0 Å². The standard InChI is InChI=1S/C25H22Cl2FN3O3S/c1-25(8-9-35(33,34)14-25)29-24(32)15-2-7-21-22(12-15)31(20-5-3-19(28)4-6-20)30-23(21)16-10-17(26)13-18(27)11-16/h2-7,10-13,33-34H,8-9,14H2,1H3,(H,29,32). The summed E-state index contributed by atoms with van der Waals surface area (Å²) in [5.41, 5.74) is 2.25. The fourth-order valence-electron chi connectivity index (χ4n) is 4.43. The number of fused-ring (bicyclic) bond motifs is 1. The maximum absolute atomic E-state index is 13.6. The summed E-state index contributed by atoms with van der Waals surface area (Å²) in [6.07, 6.45) is 0.483. The maximum atomic E-state index is 13.6. The summed E-state index contributed by atoms with van der Waals surface area (Å²) in [5, 5.41) is 9.40. The minimum atomic E-state index is -2.68. The number of carbonyl (C=O) groups excluding carboxylic acids is 1. The molecule has 1 aliphatic heterocycles. The first-order valence-electron chi connectivity index (χ1n) is 10.8. The van der Waals surface area contributed by atoms with Gasteiger partial charge < -0.3 is 5.32 Å². The van der Waals surface area contributed by atoms with E-state index in [1.807, 2.05) is 6.92 Å². The SMILES string of the molecule is CC1(NC(=O)c2ccc3c(-c4cc(Cl)cc(Cl)c4)nn(-c4ccc(F)cc4)c3c2)CCS(O)(O)C1. The number of nitrogens with one attached hydrogen (secondary N) is 1. The van der Waals surface area contributed by atoms with Gasteiger partial charge in [-0.1, -0.05) is 23.2 Å². The second kappa shape index (κ2) is 8.80. The molecule has 6 nitrogen and oxygen atoms in total. The van der Waals surface area contributed by atoms with Gasteiger partial charge in [0.15, 0.2) is 0 Å². The van der Waals surface area contributed by atoms with Crippen molar-refractivity contribution in [1.29, 1.82) is 0 Å². The third kappa shape index (κ3) is 4.90. The molecule has 10 heteroatoms.